The Bertz CT molecular complexity index is 1070. The molecule has 0 bridgehead atoms. The summed E-state index contributed by atoms with van der Waals surface area (Å²) in [6.45, 7) is 2.11. The van der Waals surface area contributed by atoms with E-state index in [1.807, 2.05) is 43.3 Å². The first-order valence-electron chi connectivity index (χ1n) is 9.50. The SMILES string of the molecule is C[C@@H](NC(=O)/C(C#N)=C/c1ccc(OCc2cccc(F)c2)cc1)c1ccccc1. The molecule has 3 rings (SSSR count). The molecule has 0 radical (unpaired) electrons. The second kappa shape index (κ2) is 10.0. The molecule has 0 saturated carbocycles. The number of hydrogen-bond donors (Lipinski definition) is 1. The number of carbonyl (C=O) groups is 1. The number of nitriles is 1. The second-order valence-corrected chi connectivity index (χ2v) is 6.76. The predicted octanol–water partition coefficient (Wildman–Crippen LogP) is 5.19. The van der Waals surface area contributed by atoms with Crippen LogP contribution in [0.3, 0.4) is 0 Å². The zero-order valence-corrected chi connectivity index (χ0v) is 16.5. The van der Waals surface area contributed by atoms with Crippen molar-refractivity contribution < 1.29 is 13.9 Å². The van der Waals surface area contributed by atoms with Crippen LogP contribution in [0, 0.1) is 17.1 Å². The Kier molecular flexibility index (Phi) is 6.96. The highest BCUT2D eigenvalue weighted by atomic mass is 19.1. The Hall–Kier alpha value is -3.91. The number of carbonyl (C=O) groups excluding carboxylic acids is 1. The third kappa shape index (κ3) is 5.79. The van der Waals surface area contributed by atoms with Crippen molar-refractivity contribution in [3.05, 3.63) is 107 Å². The molecule has 3 aromatic rings. The van der Waals surface area contributed by atoms with Gasteiger partial charge in [0.2, 0.25) is 0 Å². The summed E-state index contributed by atoms with van der Waals surface area (Å²) in [5, 5.41) is 12.2. The average molecular weight is 400 g/mol. The van der Waals surface area contributed by atoms with Crippen LogP contribution in [0.5, 0.6) is 5.75 Å². The molecule has 150 valence electrons. The molecule has 3 aromatic carbocycles. The number of hydrogen-bond acceptors (Lipinski definition) is 3. The van der Waals surface area contributed by atoms with Crippen LogP contribution in [0.1, 0.15) is 29.7 Å². The van der Waals surface area contributed by atoms with Gasteiger partial charge in [-0.1, -0.05) is 54.6 Å². The van der Waals surface area contributed by atoms with Crippen LogP contribution in [0.2, 0.25) is 0 Å². The molecule has 0 aliphatic heterocycles. The van der Waals surface area contributed by atoms with E-state index in [0.717, 1.165) is 11.1 Å². The van der Waals surface area contributed by atoms with Crippen LogP contribution >= 0.6 is 0 Å². The summed E-state index contributed by atoms with van der Waals surface area (Å²) < 4.78 is 18.9. The lowest BCUT2D eigenvalue weighted by Crippen LogP contribution is -2.27. The highest BCUT2D eigenvalue weighted by Crippen LogP contribution is 2.17. The standard InChI is InChI=1S/C25H21FN2O2/c1-18(21-7-3-2-4-8-21)28-25(29)22(16-27)14-19-10-12-24(13-11-19)30-17-20-6-5-9-23(26)15-20/h2-15,18H,17H2,1H3,(H,28,29)/b22-14+/t18-/m1/s1. The first-order valence-corrected chi connectivity index (χ1v) is 9.50. The van der Waals surface area contributed by atoms with Gasteiger partial charge < -0.3 is 10.1 Å². The fourth-order valence-electron chi connectivity index (χ4n) is 2.87. The van der Waals surface area contributed by atoms with E-state index in [-0.39, 0.29) is 24.0 Å². The van der Waals surface area contributed by atoms with Gasteiger partial charge in [-0.05, 0) is 54.0 Å². The molecule has 0 aliphatic carbocycles. The quantitative estimate of drug-likeness (QED) is 0.439. The van der Waals surface area contributed by atoms with Crippen molar-refractivity contribution in [2.24, 2.45) is 0 Å². The molecular weight excluding hydrogens is 379 g/mol. The first kappa shape index (κ1) is 20.8. The van der Waals surface area contributed by atoms with Crippen LogP contribution in [0.25, 0.3) is 6.08 Å². The largest absolute Gasteiger partial charge is 0.489 e. The molecule has 5 heteroatoms. The lowest BCUT2D eigenvalue weighted by Gasteiger charge is -2.13. The summed E-state index contributed by atoms with van der Waals surface area (Å²) in [7, 11) is 0. The van der Waals surface area contributed by atoms with E-state index < -0.39 is 5.91 Å². The topological polar surface area (TPSA) is 62.1 Å². The molecular formula is C25H21FN2O2. The maximum absolute atomic E-state index is 13.2. The first-order chi connectivity index (χ1) is 14.5. The minimum absolute atomic E-state index is 0.0196. The van der Waals surface area contributed by atoms with E-state index in [4.69, 9.17) is 4.74 Å². The highest BCUT2D eigenvalue weighted by molar-refractivity contribution is 6.01. The Morgan fingerprint density at radius 2 is 1.83 bits per heavy atom. The van der Waals surface area contributed by atoms with Crippen LogP contribution < -0.4 is 10.1 Å². The van der Waals surface area contributed by atoms with Gasteiger partial charge in [-0.2, -0.15) is 5.26 Å². The Balaban J connectivity index is 1.62. The molecule has 30 heavy (non-hydrogen) atoms. The molecule has 0 aromatic heterocycles. The van der Waals surface area contributed by atoms with Gasteiger partial charge in [0.1, 0.15) is 29.8 Å². The smallest absolute Gasteiger partial charge is 0.262 e. The molecule has 4 nitrogen and oxygen atoms in total. The maximum Gasteiger partial charge on any atom is 0.262 e. The van der Waals surface area contributed by atoms with Gasteiger partial charge in [-0.25, -0.2) is 4.39 Å². The Labute approximate surface area is 175 Å². The van der Waals surface area contributed by atoms with Gasteiger partial charge >= 0.3 is 0 Å². The highest BCUT2D eigenvalue weighted by Gasteiger charge is 2.13. The van der Waals surface area contributed by atoms with Crippen molar-refractivity contribution >= 4 is 12.0 Å². The summed E-state index contributed by atoms with van der Waals surface area (Å²) in [4.78, 5) is 12.5. The number of halogens is 1. The van der Waals surface area contributed by atoms with Crippen molar-refractivity contribution in [3.8, 4) is 11.8 Å². The van der Waals surface area contributed by atoms with Gasteiger partial charge in [0.15, 0.2) is 0 Å². The maximum atomic E-state index is 13.2. The van der Waals surface area contributed by atoms with E-state index >= 15 is 0 Å². The Morgan fingerprint density at radius 1 is 1.10 bits per heavy atom. The van der Waals surface area contributed by atoms with Gasteiger partial charge in [-0.3, -0.25) is 4.79 Å². The number of ether oxygens (including phenoxy) is 1. The zero-order chi connectivity index (χ0) is 21.3. The van der Waals surface area contributed by atoms with Crippen LogP contribution in [0.15, 0.2) is 84.4 Å². The van der Waals surface area contributed by atoms with Gasteiger partial charge in [0.05, 0.1) is 6.04 Å². The van der Waals surface area contributed by atoms with Crippen LogP contribution in [-0.2, 0) is 11.4 Å². The number of nitrogens with zero attached hydrogens (tertiary/aromatic N) is 1. The summed E-state index contributed by atoms with van der Waals surface area (Å²) in [5.41, 5.74) is 2.41. The number of nitrogens with one attached hydrogen (secondary N) is 1. The van der Waals surface area contributed by atoms with Crippen LogP contribution in [0.4, 0.5) is 4.39 Å². The lowest BCUT2D eigenvalue weighted by atomic mass is 10.1. The van der Waals surface area contributed by atoms with Crippen molar-refractivity contribution in [2.45, 2.75) is 19.6 Å². The average Bonchev–Trinajstić information content (AvgIpc) is 2.77. The zero-order valence-electron chi connectivity index (χ0n) is 16.5. The summed E-state index contributed by atoms with van der Waals surface area (Å²) in [6.07, 6.45) is 1.53. The molecule has 0 fully saturated rings. The fourth-order valence-corrected chi connectivity index (χ4v) is 2.87. The number of amides is 1. The second-order valence-electron chi connectivity index (χ2n) is 6.76. The lowest BCUT2D eigenvalue weighted by molar-refractivity contribution is -0.117. The fraction of sp³-hybridized carbons (Fsp3) is 0.120. The van der Waals surface area contributed by atoms with Crippen molar-refractivity contribution in [1.29, 1.82) is 5.26 Å². The molecule has 0 unspecified atom stereocenters. The van der Waals surface area contributed by atoms with Crippen molar-refractivity contribution in [3.63, 3.8) is 0 Å². The molecule has 1 N–H and O–H groups in total. The van der Waals surface area contributed by atoms with Crippen molar-refractivity contribution in [1.82, 2.24) is 5.32 Å². The van der Waals surface area contributed by atoms with E-state index in [1.54, 1.807) is 36.4 Å². The van der Waals surface area contributed by atoms with Crippen LogP contribution in [-0.4, -0.2) is 5.91 Å². The van der Waals surface area contributed by atoms with Crippen molar-refractivity contribution in [2.75, 3.05) is 0 Å². The number of rotatable bonds is 7. The van der Waals surface area contributed by atoms with Gasteiger partial charge in [0, 0.05) is 0 Å². The van der Waals surface area contributed by atoms with E-state index in [1.165, 1.54) is 18.2 Å². The molecule has 0 heterocycles. The monoisotopic (exact) mass is 400 g/mol. The van der Waals surface area contributed by atoms with E-state index in [9.17, 15) is 14.4 Å². The summed E-state index contributed by atoms with van der Waals surface area (Å²) in [6, 6.07) is 24.5. The van der Waals surface area contributed by atoms with Gasteiger partial charge in [0.25, 0.3) is 5.91 Å². The minimum atomic E-state index is -0.430. The van der Waals surface area contributed by atoms with E-state index in [2.05, 4.69) is 5.32 Å². The predicted molar refractivity (Wildman–Crippen MR) is 114 cm³/mol. The molecule has 0 spiro atoms. The van der Waals surface area contributed by atoms with E-state index in [0.29, 0.717) is 11.3 Å². The molecule has 1 atom stereocenters. The minimum Gasteiger partial charge on any atom is -0.489 e. The normalized spacial score (nSPS) is 12.0. The third-order valence-corrected chi connectivity index (χ3v) is 4.50. The Morgan fingerprint density at radius 3 is 2.50 bits per heavy atom. The molecule has 0 aliphatic rings. The van der Waals surface area contributed by atoms with Gasteiger partial charge in [-0.15, -0.1) is 0 Å². The number of benzene rings is 3. The third-order valence-electron chi connectivity index (χ3n) is 4.50. The summed E-state index contributed by atoms with van der Waals surface area (Å²) >= 11 is 0. The molecule has 1 amide bonds. The molecule has 0 saturated heterocycles. The summed E-state index contributed by atoms with van der Waals surface area (Å²) in [5.74, 6) is -0.127.